The maximum Gasteiger partial charge on any atom is 0.416 e. The number of aromatic nitrogens is 2. The highest BCUT2D eigenvalue weighted by molar-refractivity contribution is 7.90. The molecule has 188 valence electrons. The fourth-order valence-electron chi connectivity index (χ4n) is 3.81. The standard InChI is InChI=1S/C23H15Cl2F3N2O5S/c1-11-7-12(23(26,27)28)8-16-14(11)9-17(30(16)36(34,35)13-5-3-2-4-6-13)20(31)18-19(24)15(22(32)33)10-29-21(18)25/h2-10,20,31H,1H3,(H,32,33). The molecule has 2 N–H and O–H groups in total. The molecule has 36 heavy (non-hydrogen) atoms. The number of aliphatic hydroxyl groups is 1. The molecule has 2 aromatic carbocycles. The van der Waals surface area contributed by atoms with Crippen molar-refractivity contribution in [2.45, 2.75) is 24.1 Å². The monoisotopic (exact) mass is 558 g/mol. The number of nitrogens with zero attached hydrogens (tertiary/aromatic N) is 2. The highest BCUT2D eigenvalue weighted by atomic mass is 35.5. The minimum atomic E-state index is -4.78. The Hall–Kier alpha value is -3.12. The zero-order valence-corrected chi connectivity index (χ0v) is 20.4. The summed E-state index contributed by atoms with van der Waals surface area (Å²) in [5, 5.41) is 19.8. The van der Waals surface area contributed by atoms with E-state index in [0.29, 0.717) is 10.0 Å². The molecule has 0 aliphatic rings. The summed E-state index contributed by atoms with van der Waals surface area (Å²) in [6, 6.07) is 9.59. The van der Waals surface area contributed by atoms with Gasteiger partial charge in [0.2, 0.25) is 0 Å². The topological polar surface area (TPSA) is 109 Å². The van der Waals surface area contributed by atoms with Gasteiger partial charge in [0, 0.05) is 17.1 Å². The molecule has 1 unspecified atom stereocenters. The molecule has 2 aromatic heterocycles. The Morgan fingerprint density at radius 2 is 1.75 bits per heavy atom. The summed E-state index contributed by atoms with van der Waals surface area (Å²) >= 11 is 12.3. The molecule has 0 amide bonds. The van der Waals surface area contributed by atoms with Crippen LogP contribution < -0.4 is 0 Å². The van der Waals surface area contributed by atoms with Gasteiger partial charge < -0.3 is 10.2 Å². The number of alkyl halides is 3. The van der Waals surface area contributed by atoms with Gasteiger partial charge in [-0.2, -0.15) is 13.2 Å². The number of aliphatic hydroxyl groups excluding tert-OH is 1. The fourth-order valence-corrected chi connectivity index (χ4v) is 5.98. The molecule has 0 bridgehead atoms. The lowest BCUT2D eigenvalue weighted by Gasteiger charge is -2.19. The van der Waals surface area contributed by atoms with Gasteiger partial charge in [-0.15, -0.1) is 0 Å². The van der Waals surface area contributed by atoms with E-state index in [-0.39, 0.29) is 21.4 Å². The molecular formula is C23H15Cl2F3N2O5S. The average molecular weight is 559 g/mol. The molecule has 0 saturated heterocycles. The van der Waals surface area contributed by atoms with E-state index in [4.69, 9.17) is 23.2 Å². The van der Waals surface area contributed by atoms with E-state index in [1.54, 1.807) is 6.07 Å². The van der Waals surface area contributed by atoms with Crippen molar-refractivity contribution >= 4 is 50.1 Å². The Morgan fingerprint density at radius 3 is 2.33 bits per heavy atom. The van der Waals surface area contributed by atoms with Crippen molar-refractivity contribution in [2.75, 3.05) is 0 Å². The number of halogens is 5. The normalized spacial score (nSPS) is 13.2. The molecule has 1 atom stereocenters. The molecule has 4 rings (SSSR count). The summed E-state index contributed by atoms with van der Waals surface area (Å²) in [5.41, 5.74) is -2.70. The fraction of sp³-hybridized carbons (Fsp3) is 0.130. The van der Waals surface area contributed by atoms with E-state index in [2.05, 4.69) is 4.98 Å². The van der Waals surface area contributed by atoms with Gasteiger partial charge in [0.15, 0.2) is 0 Å². The second kappa shape index (κ2) is 9.07. The number of carboxylic acids is 1. The average Bonchev–Trinajstić information content (AvgIpc) is 3.20. The molecule has 2 heterocycles. The van der Waals surface area contributed by atoms with E-state index >= 15 is 0 Å². The van der Waals surface area contributed by atoms with E-state index < -0.39 is 60.8 Å². The Bertz CT molecular complexity index is 1620. The third kappa shape index (κ3) is 4.32. The number of pyridine rings is 1. The van der Waals surface area contributed by atoms with Crippen LogP contribution in [0.1, 0.15) is 38.8 Å². The van der Waals surface area contributed by atoms with Crippen molar-refractivity contribution in [1.82, 2.24) is 8.96 Å². The van der Waals surface area contributed by atoms with E-state index in [9.17, 15) is 36.6 Å². The molecule has 0 aliphatic carbocycles. The summed E-state index contributed by atoms with van der Waals surface area (Å²) < 4.78 is 68.7. The summed E-state index contributed by atoms with van der Waals surface area (Å²) in [5.74, 6) is -1.49. The van der Waals surface area contributed by atoms with Crippen LogP contribution in [0.15, 0.2) is 59.6 Å². The smallest absolute Gasteiger partial charge is 0.416 e. The molecule has 0 saturated carbocycles. The zero-order valence-electron chi connectivity index (χ0n) is 18.1. The minimum absolute atomic E-state index is 0.0879. The molecule has 0 fully saturated rings. The SMILES string of the molecule is Cc1cc(C(F)(F)F)cc2c1cc(C(O)c1c(Cl)ncc(C(=O)O)c1Cl)n2S(=O)(=O)c1ccccc1. The van der Waals surface area contributed by atoms with Gasteiger partial charge in [-0.25, -0.2) is 22.2 Å². The van der Waals surface area contributed by atoms with Crippen molar-refractivity contribution in [2.24, 2.45) is 0 Å². The lowest BCUT2D eigenvalue weighted by atomic mass is 10.0. The van der Waals surface area contributed by atoms with Crippen LogP contribution in [0.25, 0.3) is 10.9 Å². The highest BCUT2D eigenvalue weighted by Gasteiger charge is 2.35. The quantitative estimate of drug-likeness (QED) is 0.304. The largest absolute Gasteiger partial charge is 0.478 e. The van der Waals surface area contributed by atoms with Gasteiger partial charge >= 0.3 is 12.1 Å². The van der Waals surface area contributed by atoms with Crippen molar-refractivity contribution in [3.05, 3.63) is 92.9 Å². The van der Waals surface area contributed by atoms with E-state index in [0.717, 1.165) is 12.3 Å². The second-order valence-electron chi connectivity index (χ2n) is 7.77. The van der Waals surface area contributed by atoms with Gasteiger partial charge in [0.1, 0.15) is 11.3 Å². The van der Waals surface area contributed by atoms with Gasteiger partial charge in [0.25, 0.3) is 10.0 Å². The third-order valence-corrected chi connectivity index (χ3v) is 7.97. The van der Waals surface area contributed by atoms with Crippen molar-refractivity contribution in [3.8, 4) is 0 Å². The van der Waals surface area contributed by atoms with E-state index in [1.807, 2.05) is 0 Å². The second-order valence-corrected chi connectivity index (χ2v) is 10.3. The molecular weight excluding hydrogens is 544 g/mol. The first-order chi connectivity index (χ1) is 16.7. The Morgan fingerprint density at radius 1 is 1.11 bits per heavy atom. The molecule has 0 aliphatic heterocycles. The van der Waals surface area contributed by atoms with E-state index in [1.165, 1.54) is 37.3 Å². The number of rotatable bonds is 5. The number of aromatic carboxylic acids is 1. The van der Waals surface area contributed by atoms with Crippen LogP contribution in [-0.2, 0) is 16.2 Å². The van der Waals surface area contributed by atoms with Crippen LogP contribution >= 0.6 is 23.2 Å². The zero-order chi connectivity index (χ0) is 26.6. The first-order valence-corrected chi connectivity index (χ1v) is 12.2. The summed E-state index contributed by atoms with van der Waals surface area (Å²) in [7, 11) is -4.57. The van der Waals surface area contributed by atoms with Crippen LogP contribution in [0, 0.1) is 6.92 Å². The predicted octanol–water partition coefficient (Wildman–Crippen LogP) is 5.69. The van der Waals surface area contributed by atoms with Crippen molar-refractivity contribution in [1.29, 1.82) is 0 Å². The molecule has 4 aromatic rings. The maximum absolute atomic E-state index is 13.7. The van der Waals surface area contributed by atoms with Gasteiger partial charge in [-0.3, -0.25) is 0 Å². The first kappa shape index (κ1) is 26.0. The van der Waals surface area contributed by atoms with Gasteiger partial charge in [0.05, 0.1) is 32.3 Å². The van der Waals surface area contributed by atoms with Crippen LogP contribution in [0.3, 0.4) is 0 Å². The number of carboxylic acid groups (broad SMARTS) is 1. The van der Waals surface area contributed by atoms with Crippen LogP contribution in [0.5, 0.6) is 0 Å². The maximum atomic E-state index is 13.7. The molecule has 0 radical (unpaired) electrons. The molecule has 0 spiro atoms. The van der Waals surface area contributed by atoms with Crippen molar-refractivity contribution in [3.63, 3.8) is 0 Å². The number of benzene rings is 2. The van der Waals surface area contributed by atoms with Crippen LogP contribution in [-0.4, -0.2) is 33.6 Å². The predicted molar refractivity (Wildman–Crippen MR) is 126 cm³/mol. The van der Waals surface area contributed by atoms with Crippen molar-refractivity contribution < 1.29 is 36.6 Å². The number of hydrogen-bond donors (Lipinski definition) is 2. The van der Waals surface area contributed by atoms with Crippen LogP contribution in [0.2, 0.25) is 10.2 Å². The lowest BCUT2D eigenvalue weighted by molar-refractivity contribution is -0.137. The lowest BCUT2D eigenvalue weighted by Crippen LogP contribution is -2.19. The minimum Gasteiger partial charge on any atom is -0.478 e. The summed E-state index contributed by atoms with van der Waals surface area (Å²) in [6.07, 6.45) is -5.90. The molecule has 7 nitrogen and oxygen atoms in total. The van der Waals surface area contributed by atoms with Gasteiger partial charge in [-0.05, 0) is 42.8 Å². The number of carbonyl (C=O) groups is 1. The number of fused-ring (bicyclic) bond motifs is 1. The number of hydrogen-bond acceptors (Lipinski definition) is 5. The Balaban J connectivity index is 2.11. The summed E-state index contributed by atoms with van der Waals surface area (Å²) in [6.45, 7) is 1.36. The van der Waals surface area contributed by atoms with Gasteiger partial charge in [-0.1, -0.05) is 41.4 Å². The Labute approximate surface area is 212 Å². The van der Waals surface area contributed by atoms with Crippen LogP contribution in [0.4, 0.5) is 13.2 Å². The third-order valence-electron chi connectivity index (χ3n) is 5.51. The Kier molecular flexibility index (Phi) is 6.54. The number of aryl methyl sites for hydroxylation is 1. The summed E-state index contributed by atoms with van der Waals surface area (Å²) in [4.78, 5) is 15.0. The molecule has 13 heteroatoms. The first-order valence-electron chi connectivity index (χ1n) is 10.0. The highest BCUT2D eigenvalue weighted by Crippen LogP contribution is 2.41.